The van der Waals surface area contributed by atoms with Gasteiger partial charge in [0.1, 0.15) is 18.2 Å². The smallest absolute Gasteiger partial charge is 0.141 e. The van der Waals surface area contributed by atoms with E-state index in [1.807, 2.05) is 0 Å². The summed E-state index contributed by atoms with van der Waals surface area (Å²) in [5.74, 6) is 0.263. The van der Waals surface area contributed by atoms with Crippen molar-refractivity contribution in [2.45, 2.75) is 26.3 Å². The largest absolute Gasteiger partial charge is 0.492 e. The maximum atomic E-state index is 13.1. The van der Waals surface area contributed by atoms with E-state index >= 15 is 0 Å². The van der Waals surface area contributed by atoms with Gasteiger partial charge in [-0.2, -0.15) is 0 Å². The molecule has 1 aromatic carbocycles. The minimum Gasteiger partial charge on any atom is -0.492 e. The van der Waals surface area contributed by atoms with Crippen LogP contribution in [0.3, 0.4) is 0 Å². The molecule has 1 unspecified atom stereocenters. The lowest BCUT2D eigenvalue weighted by Gasteiger charge is -2.12. The molecule has 4 heteroatoms. The maximum Gasteiger partial charge on any atom is 0.141 e. The molecule has 0 amide bonds. The SMILES string of the molecule is CCC(C)NCCOc1ccc(Br)c(F)c1. The molecule has 0 spiro atoms. The minimum atomic E-state index is -0.299. The molecule has 0 saturated heterocycles. The fourth-order valence-corrected chi connectivity index (χ4v) is 1.43. The Morgan fingerprint density at radius 3 is 2.88 bits per heavy atom. The predicted molar refractivity (Wildman–Crippen MR) is 67.4 cm³/mol. The maximum absolute atomic E-state index is 13.1. The van der Waals surface area contributed by atoms with Gasteiger partial charge < -0.3 is 10.1 Å². The van der Waals surface area contributed by atoms with Gasteiger partial charge in [0, 0.05) is 18.7 Å². The molecule has 2 nitrogen and oxygen atoms in total. The van der Waals surface area contributed by atoms with Crippen molar-refractivity contribution in [2.75, 3.05) is 13.2 Å². The molecule has 16 heavy (non-hydrogen) atoms. The first kappa shape index (κ1) is 13.5. The molecule has 0 aliphatic carbocycles. The molecule has 0 aromatic heterocycles. The molecule has 0 bridgehead atoms. The summed E-state index contributed by atoms with van der Waals surface area (Å²) >= 11 is 3.10. The van der Waals surface area contributed by atoms with E-state index in [1.54, 1.807) is 12.1 Å². The van der Waals surface area contributed by atoms with Crippen LogP contribution in [0.25, 0.3) is 0 Å². The Balaban J connectivity index is 2.29. The third-order valence-corrected chi connectivity index (χ3v) is 3.01. The minimum absolute atomic E-state index is 0.299. The lowest BCUT2D eigenvalue weighted by molar-refractivity contribution is 0.304. The Morgan fingerprint density at radius 2 is 2.25 bits per heavy atom. The molecule has 0 saturated carbocycles. The van der Waals surface area contributed by atoms with Gasteiger partial charge in [-0.3, -0.25) is 0 Å². The topological polar surface area (TPSA) is 21.3 Å². The highest BCUT2D eigenvalue weighted by molar-refractivity contribution is 9.10. The highest BCUT2D eigenvalue weighted by Crippen LogP contribution is 2.20. The molecule has 0 heterocycles. The van der Waals surface area contributed by atoms with Crippen LogP contribution in [0.5, 0.6) is 5.75 Å². The first-order valence-corrected chi connectivity index (χ1v) is 6.24. The lowest BCUT2D eigenvalue weighted by atomic mass is 10.3. The Kier molecular flexibility index (Phi) is 5.77. The summed E-state index contributed by atoms with van der Waals surface area (Å²) in [6.07, 6.45) is 1.09. The molecule has 90 valence electrons. The van der Waals surface area contributed by atoms with Crippen molar-refractivity contribution < 1.29 is 9.13 Å². The predicted octanol–water partition coefficient (Wildman–Crippen LogP) is 3.36. The van der Waals surface area contributed by atoms with E-state index in [0.717, 1.165) is 13.0 Å². The summed E-state index contributed by atoms with van der Waals surface area (Å²) in [7, 11) is 0. The van der Waals surface area contributed by atoms with E-state index in [2.05, 4.69) is 35.1 Å². The van der Waals surface area contributed by atoms with Crippen LogP contribution in [-0.2, 0) is 0 Å². The quantitative estimate of drug-likeness (QED) is 0.811. The van der Waals surface area contributed by atoms with Gasteiger partial charge >= 0.3 is 0 Å². The van der Waals surface area contributed by atoms with Gasteiger partial charge in [-0.05, 0) is 41.4 Å². The average molecular weight is 290 g/mol. The molecule has 1 rings (SSSR count). The van der Waals surface area contributed by atoms with Crippen LogP contribution in [-0.4, -0.2) is 19.2 Å². The number of halogens is 2. The Labute approximate surface area is 104 Å². The van der Waals surface area contributed by atoms with Crippen LogP contribution in [0.2, 0.25) is 0 Å². The van der Waals surface area contributed by atoms with Crippen LogP contribution >= 0.6 is 15.9 Å². The monoisotopic (exact) mass is 289 g/mol. The van der Waals surface area contributed by atoms with Crippen LogP contribution in [0.4, 0.5) is 4.39 Å². The summed E-state index contributed by atoms with van der Waals surface area (Å²) < 4.78 is 19.0. The third-order valence-electron chi connectivity index (χ3n) is 2.37. The Morgan fingerprint density at radius 1 is 1.50 bits per heavy atom. The Hall–Kier alpha value is -0.610. The normalized spacial score (nSPS) is 12.5. The number of benzene rings is 1. The summed E-state index contributed by atoms with van der Waals surface area (Å²) in [6.45, 7) is 5.57. The summed E-state index contributed by atoms with van der Waals surface area (Å²) in [6, 6.07) is 5.27. The zero-order chi connectivity index (χ0) is 12.0. The number of rotatable bonds is 6. The zero-order valence-electron chi connectivity index (χ0n) is 9.59. The standard InChI is InChI=1S/C12H17BrFNO/c1-3-9(2)15-6-7-16-10-4-5-11(13)12(14)8-10/h4-5,8-9,15H,3,6-7H2,1-2H3. The van der Waals surface area contributed by atoms with E-state index in [4.69, 9.17) is 4.74 Å². The lowest BCUT2D eigenvalue weighted by Crippen LogP contribution is -2.29. The van der Waals surface area contributed by atoms with E-state index in [0.29, 0.717) is 22.9 Å². The Bertz CT molecular complexity index is 333. The second-order valence-corrected chi connectivity index (χ2v) is 4.54. The molecule has 1 N–H and O–H groups in total. The molecular weight excluding hydrogens is 273 g/mol. The molecule has 1 atom stereocenters. The average Bonchev–Trinajstić information content (AvgIpc) is 2.28. The first-order valence-electron chi connectivity index (χ1n) is 5.44. The fourth-order valence-electron chi connectivity index (χ4n) is 1.19. The van der Waals surface area contributed by atoms with Crippen LogP contribution in [0, 0.1) is 5.82 Å². The van der Waals surface area contributed by atoms with Crippen LogP contribution in [0.15, 0.2) is 22.7 Å². The molecule has 0 radical (unpaired) electrons. The molecule has 0 aliphatic rings. The van der Waals surface area contributed by atoms with Crippen molar-refractivity contribution in [3.05, 3.63) is 28.5 Å². The zero-order valence-corrected chi connectivity index (χ0v) is 11.2. The van der Waals surface area contributed by atoms with E-state index < -0.39 is 0 Å². The first-order chi connectivity index (χ1) is 7.63. The van der Waals surface area contributed by atoms with Gasteiger partial charge in [-0.15, -0.1) is 0 Å². The highest BCUT2D eigenvalue weighted by Gasteiger charge is 2.01. The third kappa shape index (κ3) is 4.49. The van der Waals surface area contributed by atoms with Crippen molar-refractivity contribution in [3.8, 4) is 5.75 Å². The van der Waals surface area contributed by atoms with Crippen molar-refractivity contribution in [2.24, 2.45) is 0 Å². The van der Waals surface area contributed by atoms with E-state index in [9.17, 15) is 4.39 Å². The van der Waals surface area contributed by atoms with Gasteiger partial charge in [-0.25, -0.2) is 4.39 Å². The van der Waals surface area contributed by atoms with E-state index in [-0.39, 0.29) is 5.82 Å². The highest BCUT2D eigenvalue weighted by atomic mass is 79.9. The van der Waals surface area contributed by atoms with Gasteiger partial charge in [0.15, 0.2) is 0 Å². The molecule has 1 aromatic rings. The van der Waals surface area contributed by atoms with Crippen molar-refractivity contribution in [1.29, 1.82) is 0 Å². The summed E-state index contributed by atoms with van der Waals surface area (Å²) in [5.41, 5.74) is 0. The van der Waals surface area contributed by atoms with Crippen molar-refractivity contribution in [3.63, 3.8) is 0 Å². The molecule has 0 aliphatic heterocycles. The number of nitrogens with one attached hydrogen (secondary N) is 1. The molecular formula is C12H17BrFNO. The number of ether oxygens (including phenoxy) is 1. The summed E-state index contributed by atoms with van der Waals surface area (Å²) in [5, 5.41) is 3.30. The number of hydrogen-bond acceptors (Lipinski definition) is 2. The fraction of sp³-hybridized carbons (Fsp3) is 0.500. The molecule has 0 fully saturated rings. The van der Waals surface area contributed by atoms with Gasteiger partial charge in [-0.1, -0.05) is 6.92 Å². The number of hydrogen-bond donors (Lipinski definition) is 1. The van der Waals surface area contributed by atoms with Crippen molar-refractivity contribution in [1.82, 2.24) is 5.32 Å². The van der Waals surface area contributed by atoms with Crippen LogP contribution in [0.1, 0.15) is 20.3 Å². The summed E-state index contributed by atoms with van der Waals surface area (Å²) in [4.78, 5) is 0. The van der Waals surface area contributed by atoms with Gasteiger partial charge in [0.2, 0.25) is 0 Å². The second-order valence-electron chi connectivity index (χ2n) is 3.69. The van der Waals surface area contributed by atoms with Crippen LogP contribution < -0.4 is 10.1 Å². The van der Waals surface area contributed by atoms with E-state index in [1.165, 1.54) is 6.07 Å². The van der Waals surface area contributed by atoms with Gasteiger partial charge in [0.25, 0.3) is 0 Å². The second kappa shape index (κ2) is 6.86. The van der Waals surface area contributed by atoms with Gasteiger partial charge in [0.05, 0.1) is 4.47 Å². The van der Waals surface area contributed by atoms with Crippen molar-refractivity contribution >= 4 is 15.9 Å².